The highest BCUT2D eigenvalue weighted by molar-refractivity contribution is 7.80. The van der Waals surface area contributed by atoms with Crippen molar-refractivity contribution in [1.29, 1.82) is 0 Å². The summed E-state index contributed by atoms with van der Waals surface area (Å²) in [4.78, 5) is 55.0. The van der Waals surface area contributed by atoms with Gasteiger partial charge >= 0.3 is 5.97 Å². The number of carbonyl (C=O) groups is 4. The van der Waals surface area contributed by atoms with Crippen molar-refractivity contribution in [1.82, 2.24) is 25.9 Å². The number of aromatic amines is 1. The number of hydrogen-bond donors (Lipinski definition) is 8. The fourth-order valence-electron chi connectivity index (χ4n) is 2.63. The quantitative estimate of drug-likeness (QED) is 0.114. The number of aromatic nitrogens is 2. The van der Waals surface area contributed by atoms with E-state index in [4.69, 9.17) is 11.5 Å². The highest BCUT2D eigenvalue weighted by atomic mass is 32.1. The lowest BCUT2D eigenvalue weighted by Gasteiger charge is -2.22. The van der Waals surface area contributed by atoms with Gasteiger partial charge in [-0.05, 0) is 32.7 Å². The predicted octanol–water partition coefficient (Wildman–Crippen LogP) is -2.10. The van der Waals surface area contributed by atoms with Crippen LogP contribution in [0.15, 0.2) is 12.5 Å². The van der Waals surface area contributed by atoms with Crippen molar-refractivity contribution in [3.63, 3.8) is 0 Å². The lowest BCUT2D eigenvalue weighted by Crippen LogP contribution is -2.57. The second kappa shape index (κ2) is 13.6. The zero-order chi connectivity index (χ0) is 23.4. The molecule has 1 rings (SSSR count). The van der Waals surface area contributed by atoms with E-state index in [1.807, 2.05) is 0 Å². The minimum Gasteiger partial charge on any atom is -0.480 e. The van der Waals surface area contributed by atoms with E-state index >= 15 is 0 Å². The molecule has 0 spiro atoms. The molecular formula is C18H31N7O5S. The molecule has 0 aliphatic heterocycles. The number of rotatable bonds is 14. The second-order valence-electron chi connectivity index (χ2n) is 7.05. The van der Waals surface area contributed by atoms with E-state index in [0.29, 0.717) is 25.1 Å². The number of hydrogen-bond acceptors (Lipinski definition) is 8. The molecule has 0 fully saturated rings. The number of carbonyl (C=O) groups excluding carboxylic acids is 3. The Labute approximate surface area is 185 Å². The molecule has 0 aliphatic rings. The Bertz CT molecular complexity index is 731. The third-order valence-electron chi connectivity index (χ3n) is 4.46. The van der Waals surface area contributed by atoms with Gasteiger partial charge in [-0.3, -0.25) is 14.4 Å². The molecule has 0 saturated carbocycles. The molecule has 3 amide bonds. The number of thiol groups is 1. The fraction of sp³-hybridized carbons (Fsp3) is 0.611. The Hall–Kier alpha value is -2.64. The minimum absolute atomic E-state index is 0.0282. The molecule has 4 unspecified atom stereocenters. The normalized spacial score (nSPS) is 14.7. The zero-order valence-electron chi connectivity index (χ0n) is 17.3. The largest absolute Gasteiger partial charge is 0.480 e. The molecule has 12 nitrogen and oxygen atoms in total. The van der Waals surface area contributed by atoms with Crippen molar-refractivity contribution in [3.8, 4) is 0 Å². The summed E-state index contributed by atoms with van der Waals surface area (Å²) < 4.78 is 0. The molecule has 31 heavy (non-hydrogen) atoms. The first-order chi connectivity index (χ1) is 14.7. The molecule has 9 N–H and O–H groups in total. The van der Waals surface area contributed by atoms with E-state index < -0.39 is 47.9 Å². The molecule has 0 aliphatic carbocycles. The Balaban J connectivity index is 2.57. The van der Waals surface area contributed by atoms with Gasteiger partial charge in [0.1, 0.15) is 18.1 Å². The fourth-order valence-corrected chi connectivity index (χ4v) is 2.88. The van der Waals surface area contributed by atoms with E-state index in [1.54, 1.807) is 0 Å². The Morgan fingerprint density at radius 3 is 2.35 bits per heavy atom. The van der Waals surface area contributed by atoms with Gasteiger partial charge in [0, 0.05) is 24.1 Å². The summed E-state index contributed by atoms with van der Waals surface area (Å²) >= 11 is 4.07. The Kier molecular flexibility index (Phi) is 11.6. The molecule has 0 saturated heterocycles. The van der Waals surface area contributed by atoms with Crippen LogP contribution < -0.4 is 27.4 Å². The third-order valence-corrected chi connectivity index (χ3v) is 4.83. The number of aliphatic carboxylic acids is 1. The second-order valence-corrected chi connectivity index (χ2v) is 7.41. The average Bonchev–Trinajstić information content (AvgIpc) is 3.23. The molecule has 0 radical (unpaired) electrons. The first-order valence-electron chi connectivity index (χ1n) is 9.87. The van der Waals surface area contributed by atoms with Crippen LogP contribution in [0.4, 0.5) is 0 Å². The van der Waals surface area contributed by atoms with Crippen LogP contribution in [0.5, 0.6) is 0 Å². The highest BCUT2D eigenvalue weighted by Crippen LogP contribution is 2.02. The molecule has 4 atom stereocenters. The summed E-state index contributed by atoms with van der Waals surface area (Å²) in [6, 6.07) is -4.05. The summed E-state index contributed by atoms with van der Waals surface area (Å²) in [5, 5.41) is 16.6. The Morgan fingerprint density at radius 1 is 1.13 bits per heavy atom. The van der Waals surface area contributed by atoms with E-state index in [2.05, 4.69) is 38.5 Å². The van der Waals surface area contributed by atoms with Crippen molar-refractivity contribution in [3.05, 3.63) is 18.2 Å². The molecule has 13 heteroatoms. The summed E-state index contributed by atoms with van der Waals surface area (Å²) in [6.45, 7) is 1.84. The van der Waals surface area contributed by atoms with Gasteiger partial charge in [0.25, 0.3) is 0 Å². The lowest BCUT2D eigenvalue weighted by molar-refractivity contribution is -0.142. The lowest BCUT2D eigenvalue weighted by atomic mass is 10.1. The number of nitrogens with one attached hydrogen (secondary N) is 4. The maximum absolute atomic E-state index is 12.5. The molecule has 0 aromatic carbocycles. The van der Waals surface area contributed by atoms with Crippen LogP contribution in [-0.4, -0.2) is 75.2 Å². The molecule has 1 heterocycles. The van der Waals surface area contributed by atoms with Crippen LogP contribution in [0, 0.1) is 0 Å². The van der Waals surface area contributed by atoms with Gasteiger partial charge in [0.2, 0.25) is 17.7 Å². The molecule has 1 aromatic rings. The average molecular weight is 458 g/mol. The maximum atomic E-state index is 12.5. The van der Waals surface area contributed by atoms with Crippen LogP contribution in [0.3, 0.4) is 0 Å². The number of imidazole rings is 1. The van der Waals surface area contributed by atoms with Gasteiger partial charge in [-0.25, -0.2) is 9.78 Å². The van der Waals surface area contributed by atoms with Crippen LogP contribution in [0.2, 0.25) is 0 Å². The number of nitrogens with zero attached hydrogens (tertiary/aromatic N) is 1. The zero-order valence-corrected chi connectivity index (χ0v) is 18.2. The standard InChI is InChI=1S/C18H31N7O5S/c1-10(15(26)24-13(18(29)30)4-2-3-5-19)23-17(28)14(8-31)25-16(27)12(20)6-11-7-21-9-22-11/h7,9-10,12-14,31H,2-6,8,19-20H2,1H3,(H,21,22)(H,23,28)(H,24,26)(H,25,27)(H,29,30). The summed E-state index contributed by atoms with van der Waals surface area (Å²) in [5.41, 5.74) is 11.9. The van der Waals surface area contributed by atoms with Crippen molar-refractivity contribution >= 4 is 36.3 Å². The number of H-pyrrole nitrogens is 1. The number of carboxylic acid groups (broad SMARTS) is 1. The first kappa shape index (κ1) is 26.4. The minimum atomic E-state index is -1.17. The summed E-state index contributed by atoms with van der Waals surface area (Å²) in [7, 11) is 0. The van der Waals surface area contributed by atoms with Crippen molar-refractivity contribution in [2.24, 2.45) is 11.5 Å². The van der Waals surface area contributed by atoms with Gasteiger partial charge in [-0.2, -0.15) is 12.6 Å². The smallest absolute Gasteiger partial charge is 0.326 e. The van der Waals surface area contributed by atoms with E-state index in [1.165, 1.54) is 19.4 Å². The van der Waals surface area contributed by atoms with Crippen LogP contribution in [0.1, 0.15) is 31.9 Å². The predicted molar refractivity (Wildman–Crippen MR) is 116 cm³/mol. The third kappa shape index (κ3) is 9.36. The highest BCUT2D eigenvalue weighted by Gasteiger charge is 2.27. The van der Waals surface area contributed by atoms with E-state index in [-0.39, 0.29) is 18.6 Å². The van der Waals surface area contributed by atoms with Crippen LogP contribution in [0.25, 0.3) is 0 Å². The summed E-state index contributed by atoms with van der Waals surface area (Å²) in [6.07, 6.45) is 4.60. The number of nitrogens with two attached hydrogens (primary N) is 2. The summed E-state index contributed by atoms with van der Waals surface area (Å²) in [5.74, 6) is -3.06. The number of unbranched alkanes of at least 4 members (excludes halogenated alkanes) is 1. The maximum Gasteiger partial charge on any atom is 0.326 e. The van der Waals surface area contributed by atoms with Gasteiger partial charge in [-0.1, -0.05) is 0 Å². The van der Waals surface area contributed by atoms with Gasteiger partial charge in [0.15, 0.2) is 0 Å². The topological polar surface area (TPSA) is 205 Å². The Morgan fingerprint density at radius 2 is 1.81 bits per heavy atom. The van der Waals surface area contributed by atoms with Crippen molar-refractivity contribution in [2.75, 3.05) is 12.3 Å². The van der Waals surface area contributed by atoms with Gasteiger partial charge in [-0.15, -0.1) is 0 Å². The van der Waals surface area contributed by atoms with Gasteiger partial charge < -0.3 is 37.5 Å². The van der Waals surface area contributed by atoms with Crippen molar-refractivity contribution < 1.29 is 24.3 Å². The molecule has 0 bridgehead atoms. The van der Waals surface area contributed by atoms with Crippen LogP contribution in [-0.2, 0) is 25.6 Å². The first-order valence-corrected chi connectivity index (χ1v) is 10.5. The van der Waals surface area contributed by atoms with E-state index in [0.717, 1.165) is 0 Å². The van der Waals surface area contributed by atoms with E-state index in [9.17, 15) is 24.3 Å². The molecular weight excluding hydrogens is 426 g/mol. The molecule has 174 valence electrons. The monoisotopic (exact) mass is 457 g/mol. The number of amides is 3. The number of carboxylic acids is 1. The van der Waals surface area contributed by atoms with Gasteiger partial charge in [0.05, 0.1) is 12.4 Å². The van der Waals surface area contributed by atoms with Crippen LogP contribution >= 0.6 is 12.6 Å². The van der Waals surface area contributed by atoms with Crippen molar-refractivity contribution in [2.45, 2.75) is 56.8 Å². The SMILES string of the molecule is CC(NC(=O)C(CS)NC(=O)C(N)Cc1cnc[nH]1)C(=O)NC(CCCCN)C(=O)O. The molecule has 1 aromatic heterocycles.